The monoisotopic (exact) mass is 178 g/mol. The third kappa shape index (κ3) is 2.41. The van der Waals surface area contributed by atoms with Gasteiger partial charge in [0.05, 0.1) is 31.3 Å². The first kappa shape index (κ1) is 8.83. The molecule has 0 spiro atoms. The van der Waals surface area contributed by atoms with Crippen molar-refractivity contribution >= 4 is 17.8 Å². The highest BCUT2D eigenvalue weighted by atomic mass is 32.7. The number of nitrogens with two attached hydrogens (primary N) is 1. The van der Waals surface area contributed by atoms with Crippen LogP contribution in [-0.2, 0) is 0 Å². The molecule has 1 aliphatic heterocycles. The van der Waals surface area contributed by atoms with Crippen LogP contribution in [0.4, 0.5) is 0 Å². The summed E-state index contributed by atoms with van der Waals surface area (Å²) in [4.78, 5) is 0. The molecule has 0 aromatic carbocycles. The fourth-order valence-corrected chi connectivity index (χ4v) is 6.75. The Hall–Kier alpha value is 0.740. The minimum absolute atomic E-state index is 0.572. The highest BCUT2D eigenvalue weighted by molar-refractivity contribution is 8.62. The second-order valence-corrected chi connectivity index (χ2v) is 10.6. The summed E-state index contributed by atoms with van der Waals surface area (Å²) < 4.78 is 0. The minimum atomic E-state index is -0.572. The Morgan fingerprint density at radius 1 is 1.30 bits per heavy atom. The first-order valence-electron chi connectivity index (χ1n) is 3.96. The van der Waals surface area contributed by atoms with Crippen molar-refractivity contribution in [3.63, 3.8) is 0 Å². The normalized spacial score (nSPS) is 24.6. The molecule has 1 saturated heterocycles. The average molecular weight is 178 g/mol. The number of hydrogen-bond acceptors (Lipinski definition) is 2. The van der Waals surface area contributed by atoms with Crippen LogP contribution in [0, 0.1) is 0 Å². The lowest BCUT2D eigenvalue weighted by Gasteiger charge is -2.24. The lowest BCUT2D eigenvalue weighted by molar-refractivity contribution is 0.752. The van der Waals surface area contributed by atoms with Gasteiger partial charge in [0, 0.05) is 11.4 Å². The molecule has 1 aliphatic rings. The van der Waals surface area contributed by atoms with Gasteiger partial charge in [0.1, 0.15) is 0 Å². The van der Waals surface area contributed by atoms with Gasteiger partial charge in [-0.3, -0.25) is 0 Å². The molecule has 1 heterocycles. The van der Waals surface area contributed by atoms with E-state index in [1.807, 2.05) is 11.4 Å². The van der Waals surface area contributed by atoms with Crippen molar-refractivity contribution in [2.45, 2.75) is 19.3 Å². The van der Waals surface area contributed by atoms with E-state index >= 15 is 0 Å². The fraction of sp³-hybridized carbons (Fsp3) is 1.00. The molecule has 0 atom stereocenters. The van der Waals surface area contributed by atoms with Crippen LogP contribution in [0.3, 0.4) is 0 Å². The van der Waals surface area contributed by atoms with Crippen LogP contribution in [0.25, 0.3) is 0 Å². The molecule has 0 unspecified atom stereocenters. The minimum Gasteiger partial charge on any atom is -0.319 e. The lowest BCUT2D eigenvalue weighted by Crippen LogP contribution is -2.07. The third-order valence-electron chi connectivity index (χ3n) is 2.15. The molecule has 2 N–H and O–H groups in total. The zero-order valence-electron chi connectivity index (χ0n) is 6.68. The van der Waals surface area contributed by atoms with Gasteiger partial charge in [-0.2, -0.15) is 0 Å². The van der Waals surface area contributed by atoms with Crippen LogP contribution in [0.15, 0.2) is 0 Å². The highest BCUT2D eigenvalue weighted by Crippen LogP contribution is 2.68. The molecule has 0 aliphatic carbocycles. The van der Waals surface area contributed by atoms with Crippen molar-refractivity contribution in [2.75, 3.05) is 24.9 Å². The molecule has 0 amide bonds. The molecule has 1 fully saturated rings. The topological polar surface area (TPSA) is 26.0 Å². The molecule has 0 aromatic heterocycles. The molecule has 60 valence electrons. The van der Waals surface area contributed by atoms with Crippen molar-refractivity contribution in [1.29, 1.82) is 0 Å². The summed E-state index contributed by atoms with van der Waals surface area (Å²) >= 11 is 2.04. The van der Waals surface area contributed by atoms with Crippen LogP contribution in [-0.4, -0.2) is 24.9 Å². The van der Waals surface area contributed by atoms with E-state index in [0.717, 1.165) is 5.88 Å². The molecule has 1 nitrogen and oxygen atoms in total. The Morgan fingerprint density at radius 3 is 2.40 bits per heavy atom. The maximum absolute atomic E-state index is 5.54. The molecule has 1 rings (SSSR count). The lowest BCUT2D eigenvalue weighted by atomic mass is 10.3. The van der Waals surface area contributed by atoms with Gasteiger partial charge in [0.2, 0.25) is 0 Å². The van der Waals surface area contributed by atoms with Crippen LogP contribution in [0.5, 0.6) is 0 Å². The second kappa shape index (κ2) is 3.94. The number of rotatable bonds is 2. The molecule has 0 bridgehead atoms. The quantitative estimate of drug-likeness (QED) is 0.519. The second-order valence-electron chi connectivity index (χ2n) is 3.10. The Balaban J connectivity index is 2.32. The largest absolute Gasteiger partial charge is 0.319 e. The Kier molecular flexibility index (Phi) is 3.48. The Labute approximate surface area is 68.2 Å². The van der Waals surface area contributed by atoms with E-state index in [2.05, 4.69) is 6.66 Å². The molecule has 10 heavy (non-hydrogen) atoms. The van der Waals surface area contributed by atoms with Crippen molar-refractivity contribution in [2.24, 2.45) is 5.73 Å². The fourth-order valence-electron chi connectivity index (χ4n) is 1.49. The Bertz CT molecular complexity index is 96.3. The van der Waals surface area contributed by atoms with Gasteiger partial charge in [-0.05, 0) is 19.3 Å². The third-order valence-corrected chi connectivity index (χ3v) is 8.86. The van der Waals surface area contributed by atoms with Gasteiger partial charge in [-0.25, -0.2) is 0 Å². The zero-order chi connectivity index (χ0) is 7.45. The van der Waals surface area contributed by atoms with E-state index in [1.165, 1.54) is 31.6 Å². The van der Waals surface area contributed by atoms with E-state index in [9.17, 15) is 0 Å². The van der Waals surface area contributed by atoms with Crippen molar-refractivity contribution in [1.82, 2.24) is 0 Å². The van der Waals surface area contributed by atoms with E-state index in [0.29, 0.717) is 0 Å². The highest BCUT2D eigenvalue weighted by Gasteiger charge is 2.34. The van der Waals surface area contributed by atoms with Crippen molar-refractivity contribution in [3.05, 3.63) is 0 Å². The van der Waals surface area contributed by atoms with Crippen molar-refractivity contribution < 1.29 is 0 Å². The van der Waals surface area contributed by atoms with Crippen LogP contribution in [0.1, 0.15) is 19.3 Å². The SMILES string of the molecule is C[P+]1(SCN)CCCCC1. The van der Waals surface area contributed by atoms with Crippen molar-refractivity contribution in [3.8, 4) is 0 Å². The standard InChI is InChI=1S/C7H17NPS/c1-9(10-7-8)5-3-2-4-6-9/h2-8H2,1H3/q+1. The van der Waals surface area contributed by atoms with Gasteiger partial charge in [-0.1, -0.05) is 0 Å². The smallest absolute Gasteiger partial charge is 0.0771 e. The van der Waals surface area contributed by atoms with Crippen LogP contribution < -0.4 is 5.73 Å². The van der Waals surface area contributed by atoms with Gasteiger partial charge < -0.3 is 5.73 Å². The Morgan fingerprint density at radius 2 is 1.90 bits per heavy atom. The summed E-state index contributed by atoms with van der Waals surface area (Å²) in [5.74, 6) is 0.838. The van der Waals surface area contributed by atoms with E-state index in [1.54, 1.807) is 0 Å². The van der Waals surface area contributed by atoms with E-state index < -0.39 is 6.46 Å². The summed E-state index contributed by atoms with van der Waals surface area (Å²) in [6, 6.07) is 0. The molecular weight excluding hydrogens is 161 g/mol. The molecule has 0 saturated carbocycles. The van der Waals surface area contributed by atoms with Gasteiger partial charge in [0.25, 0.3) is 0 Å². The summed E-state index contributed by atoms with van der Waals surface area (Å²) in [5, 5.41) is 0. The molecular formula is C7H17NPS+. The summed E-state index contributed by atoms with van der Waals surface area (Å²) in [5.41, 5.74) is 5.54. The zero-order valence-corrected chi connectivity index (χ0v) is 8.39. The summed E-state index contributed by atoms with van der Waals surface area (Å²) in [6.07, 6.45) is 7.33. The average Bonchev–Trinajstić information content (AvgIpc) is 1.89. The van der Waals surface area contributed by atoms with E-state index in [4.69, 9.17) is 5.73 Å². The van der Waals surface area contributed by atoms with Crippen LogP contribution >= 0.6 is 17.8 Å². The maximum atomic E-state index is 5.54. The summed E-state index contributed by atoms with van der Waals surface area (Å²) in [6.45, 7) is 1.89. The van der Waals surface area contributed by atoms with Gasteiger partial charge in [-0.15, -0.1) is 0 Å². The molecule has 3 heteroatoms. The van der Waals surface area contributed by atoms with Gasteiger partial charge in [0.15, 0.2) is 0 Å². The van der Waals surface area contributed by atoms with Gasteiger partial charge >= 0.3 is 0 Å². The molecule has 0 radical (unpaired) electrons. The first-order valence-corrected chi connectivity index (χ1v) is 8.16. The van der Waals surface area contributed by atoms with E-state index in [-0.39, 0.29) is 0 Å². The van der Waals surface area contributed by atoms with Crippen LogP contribution in [0.2, 0.25) is 0 Å². The predicted molar refractivity (Wildman–Crippen MR) is 53.1 cm³/mol. The summed E-state index contributed by atoms with van der Waals surface area (Å²) in [7, 11) is 0. The maximum Gasteiger partial charge on any atom is 0.0771 e. The number of hydrogen-bond donors (Lipinski definition) is 1. The predicted octanol–water partition coefficient (Wildman–Crippen LogP) is 2.38. The first-order chi connectivity index (χ1) is 4.77. The molecule has 0 aromatic rings.